The summed E-state index contributed by atoms with van der Waals surface area (Å²) in [7, 11) is 1.53. The normalized spacial score (nSPS) is 17.8. The van der Waals surface area contributed by atoms with Gasteiger partial charge in [0.15, 0.2) is 16.6 Å². The molecule has 0 radical (unpaired) electrons. The van der Waals surface area contributed by atoms with Crippen molar-refractivity contribution in [2.75, 3.05) is 25.0 Å². The van der Waals surface area contributed by atoms with Crippen LogP contribution in [0.5, 0.6) is 0 Å². The van der Waals surface area contributed by atoms with E-state index in [1.165, 1.54) is 7.05 Å². The number of alkyl carbamates (subject to hydrolysis) is 1. The van der Waals surface area contributed by atoms with E-state index in [9.17, 15) is 4.79 Å². The zero-order chi connectivity index (χ0) is 15.7. The van der Waals surface area contributed by atoms with Gasteiger partial charge >= 0.3 is 6.09 Å². The molecule has 0 saturated carbocycles. The minimum Gasteiger partial charge on any atom is -0.444 e. The lowest BCUT2D eigenvalue weighted by Gasteiger charge is -2.18. The van der Waals surface area contributed by atoms with E-state index in [2.05, 4.69) is 36.2 Å². The van der Waals surface area contributed by atoms with Crippen molar-refractivity contribution in [3.8, 4) is 0 Å². The summed E-state index contributed by atoms with van der Waals surface area (Å²) < 4.78 is 6.07. The second kappa shape index (κ2) is 6.21. The van der Waals surface area contributed by atoms with Crippen LogP contribution in [0.25, 0.3) is 11.2 Å². The fourth-order valence-electron chi connectivity index (χ4n) is 2.32. The van der Waals surface area contributed by atoms with Crippen LogP contribution in [0.2, 0.25) is 5.15 Å². The van der Waals surface area contributed by atoms with Crippen LogP contribution in [0.15, 0.2) is 16.7 Å². The van der Waals surface area contributed by atoms with E-state index < -0.39 is 6.09 Å². The highest BCUT2D eigenvalue weighted by atomic mass is 79.9. The van der Waals surface area contributed by atoms with Gasteiger partial charge in [0, 0.05) is 30.7 Å². The highest BCUT2D eigenvalue weighted by molar-refractivity contribution is 9.10. The van der Waals surface area contributed by atoms with Crippen molar-refractivity contribution < 1.29 is 9.53 Å². The molecule has 1 fully saturated rings. The maximum Gasteiger partial charge on any atom is 0.407 e. The Kier molecular flexibility index (Phi) is 4.30. The minimum atomic E-state index is -0.436. The average molecular weight is 387 g/mol. The number of hydrogen-bond acceptors (Lipinski definition) is 6. The zero-order valence-electron chi connectivity index (χ0n) is 11.7. The Bertz CT molecular complexity index is 729. The number of aromatic nitrogens is 3. The maximum atomic E-state index is 11.3. The van der Waals surface area contributed by atoms with Crippen LogP contribution < -0.4 is 10.2 Å². The molecule has 0 bridgehead atoms. The lowest BCUT2D eigenvalue weighted by atomic mass is 10.3. The molecule has 7 nitrogen and oxygen atoms in total. The summed E-state index contributed by atoms with van der Waals surface area (Å²) >= 11 is 9.58. The van der Waals surface area contributed by atoms with Crippen LogP contribution in [0.3, 0.4) is 0 Å². The number of anilines is 1. The summed E-state index contributed by atoms with van der Waals surface area (Å²) in [5, 5.41) is 2.75. The number of pyridine rings is 1. The number of nitrogens with one attached hydrogen (secondary N) is 1. The second-order valence-corrected chi connectivity index (χ2v) is 6.12. The summed E-state index contributed by atoms with van der Waals surface area (Å²) in [4.78, 5) is 26.3. The van der Waals surface area contributed by atoms with Crippen molar-refractivity contribution in [2.24, 2.45) is 0 Å². The first-order chi connectivity index (χ1) is 10.6. The summed E-state index contributed by atoms with van der Waals surface area (Å²) in [6.07, 6.45) is 1.76. The Morgan fingerprint density at radius 3 is 3.14 bits per heavy atom. The van der Waals surface area contributed by atoms with Crippen molar-refractivity contribution in [3.05, 3.63) is 21.9 Å². The minimum absolute atomic E-state index is 0.189. The summed E-state index contributed by atoms with van der Waals surface area (Å²) in [6, 6.07) is 1.81. The van der Waals surface area contributed by atoms with Gasteiger partial charge in [0.05, 0.1) is 6.54 Å². The number of hydrogen-bond donors (Lipinski definition) is 1. The fraction of sp³-hybridized carbons (Fsp3) is 0.385. The Labute approximate surface area is 140 Å². The van der Waals surface area contributed by atoms with E-state index in [-0.39, 0.29) is 6.10 Å². The molecule has 1 amide bonds. The van der Waals surface area contributed by atoms with E-state index >= 15 is 0 Å². The van der Waals surface area contributed by atoms with Gasteiger partial charge in [0.25, 0.3) is 0 Å². The van der Waals surface area contributed by atoms with Crippen LogP contribution >= 0.6 is 27.5 Å². The Hall–Kier alpha value is -1.67. The molecule has 116 valence electrons. The van der Waals surface area contributed by atoms with E-state index in [0.29, 0.717) is 35.2 Å². The predicted octanol–water partition coefficient (Wildman–Crippen LogP) is 2.38. The lowest BCUT2D eigenvalue weighted by molar-refractivity contribution is 0.110. The quantitative estimate of drug-likeness (QED) is 0.853. The van der Waals surface area contributed by atoms with Gasteiger partial charge in [-0.05, 0) is 22.0 Å². The van der Waals surface area contributed by atoms with Gasteiger partial charge in [-0.3, -0.25) is 0 Å². The molecule has 1 aliphatic rings. The van der Waals surface area contributed by atoms with Gasteiger partial charge in [0.1, 0.15) is 11.6 Å². The SMILES string of the molecule is CNC(=O)OC1CCN(c2nc3ncc(Br)cc3nc2Cl)C1. The number of carbonyl (C=O) groups is 1. The molecule has 0 spiro atoms. The Balaban J connectivity index is 1.83. The topological polar surface area (TPSA) is 80.2 Å². The molecular formula is C13H13BrClN5O2. The summed E-state index contributed by atoms with van der Waals surface area (Å²) in [6.45, 7) is 1.22. The largest absolute Gasteiger partial charge is 0.444 e. The maximum absolute atomic E-state index is 11.3. The molecule has 1 N–H and O–H groups in total. The number of ether oxygens (including phenoxy) is 1. The fourth-order valence-corrected chi connectivity index (χ4v) is 2.89. The van der Waals surface area contributed by atoms with Crippen LogP contribution in [0.4, 0.5) is 10.6 Å². The van der Waals surface area contributed by atoms with Crippen LogP contribution in [-0.4, -0.2) is 47.3 Å². The number of amides is 1. The second-order valence-electron chi connectivity index (χ2n) is 4.85. The molecular weight excluding hydrogens is 374 g/mol. The zero-order valence-corrected chi connectivity index (χ0v) is 14.1. The number of halogens is 2. The third kappa shape index (κ3) is 3.07. The van der Waals surface area contributed by atoms with Crippen molar-refractivity contribution in [3.63, 3.8) is 0 Å². The van der Waals surface area contributed by atoms with Crippen molar-refractivity contribution in [1.29, 1.82) is 0 Å². The Morgan fingerprint density at radius 2 is 2.36 bits per heavy atom. The first-order valence-corrected chi connectivity index (χ1v) is 7.86. The predicted molar refractivity (Wildman–Crippen MR) is 86.2 cm³/mol. The van der Waals surface area contributed by atoms with Crippen molar-refractivity contribution >= 4 is 50.6 Å². The van der Waals surface area contributed by atoms with E-state index in [4.69, 9.17) is 16.3 Å². The van der Waals surface area contributed by atoms with Gasteiger partial charge in [-0.15, -0.1) is 0 Å². The molecule has 1 unspecified atom stereocenters. The van der Waals surface area contributed by atoms with Crippen LogP contribution in [0, 0.1) is 0 Å². The molecule has 3 heterocycles. The van der Waals surface area contributed by atoms with Crippen molar-refractivity contribution in [1.82, 2.24) is 20.3 Å². The van der Waals surface area contributed by atoms with Gasteiger partial charge in [-0.25, -0.2) is 19.7 Å². The summed E-state index contributed by atoms with van der Waals surface area (Å²) in [5.74, 6) is 0.562. The number of nitrogens with zero attached hydrogens (tertiary/aromatic N) is 4. The monoisotopic (exact) mass is 385 g/mol. The molecule has 0 aliphatic carbocycles. The van der Waals surface area contributed by atoms with E-state index in [0.717, 1.165) is 10.9 Å². The third-order valence-corrected chi connectivity index (χ3v) is 4.04. The van der Waals surface area contributed by atoms with Gasteiger partial charge in [0.2, 0.25) is 0 Å². The molecule has 2 aromatic rings. The van der Waals surface area contributed by atoms with E-state index in [1.54, 1.807) is 6.20 Å². The number of carbonyl (C=O) groups excluding carboxylic acids is 1. The van der Waals surface area contributed by atoms with Gasteiger partial charge in [-0.1, -0.05) is 11.6 Å². The molecule has 1 saturated heterocycles. The first-order valence-electron chi connectivity index (χ1n) is 6.69. The molecule has 1 atom stereocenters. The lowest BCUT2D eigenvalue weighted by Crippen LogP contribution is -2.29. The average Bonchev–Trinajstić information content (AvgIpc) is 2.94. The number of rotatable bonds is 2. The van der Waals surface area contributed by atoms with E-state index in [1.807, 2.05) is 11.0 Å². The van der Waals surface area contributed by atoms with Crippen molar-refractivity contribution in [2.45, 2.75) is 12.5 Å². The molecule has 22 heavy (non-hydrogen) atoms. The molecule has 2 aromatic heterocycles. The molecule has 9 heteroatoms. The smallest absolute Gasteiger partial charge is 0.407 e. The third-order valence-electron chi connectivity index (χ3n) is 3.35. The van der Waals surface area contributed by atoms with Crippen LogP contribution in [0.1, 0.15) is 6.42 Å². The van der Waals surface area contributed by atoms with Crippen LogP contribution in [-0.2, 0) is 4.74 Å². The summed E-state index contributed by atoms with van der Waals surface area (Å²) in [5.41, 5.74) is 1.15. The Morgan fingerprint density at radius 1 is 1.55 bits per heavy atom. The number of fused-ring (bicyclic) bond motifs is 1. The first kappa shape index (κ1) is 15.2. The highest BCUT2D eigenvalue weighted by Gasteiger charge is 2.28. The molecule has 0 aromatic carbocycles. The standard InChI is InChI=1S/C13H13BrClN5O2/c1-16-13(21)22-8-2-3-20(6-8)12-10(15)18-9-4-7(14)5-17-11(9)19-12/h4-5,8H,2-3,6H2,1H3,(H,16,21). The highest BCUT2D eigenvalue weighted by Crippen LogP contribution is 2.28. The molecule has 3 rings (SSSR count). The van der Waals surface area contributed by atoms with Gasteiger partial charge < -0.3 is 15.0 Å². The molecule has 1 aliphatic heterocycles. The van der Waals surface area contributed by atoms with Gasteiger partial charge in [-0.2, -0.15) is 0 Å².